The molecule has 1 saturated heterocycles. The molecule has 1 N–H and O–H groups in total. The minimum absolute atomic E-state index is 0.161. The van der Waals surface area contributed by atoms with Crippen LogP contribution in [0.25, 0.3) is 0 Å². The summed E-state index contributed by atoms with van der Waals surface area (Å²) in [5.41, 5.74) is 1.15. The maximum atomic E-state index is 12.4. The van der Waals surface area contributed by atoms with Gasteiger partial charge < -0.3 is 10.2 Å². The van der Waals surface area contributed by atoms with Gasteiger partial charge in [0.25, 0.3) is 0 Å². The van der Waals surface area contributed by atoms with Crippen LogP contribution in [0.1, 0.15) is 31.2 Å². The molecule has 2 amide bonds. The Balaban J connectivity index is 1.52. The van der Waals surface area contributed by atoms with Crippen molar-refractivity contribution in [3.05, 3.63) is 30.1 Å². The number of nitrogens with zero attached hydrogens (tertiary/aromatic N) is 2. The summed E-state index contributed by atoms with van der Waals surface area (Å²) in [4.78, 5) is 29.8. The van der Waals surface area contributed by atoms with Crippen LogP contribution in [0.5, 0.6) is 0 Å². The molecule has 1 aliphatic heterocycles. The van der Waals surface area contributed by atoms with Crippen molar-refractivity contribution in [1.82, 2.24) is 15.2 Å². The summed E-state index contributed by atoms with van der Waals surface area (Å²) in [5, 5.41) is 2.94. The average molecular weight is 301 g/mol. The van der Waals surface area contributed by atoms with E-state index >= 15 is 0 Å². The zero-order valence-electron chi connectivity index (χ0n) is 13.0. The summed E-state index contributed by atoms with van der Waals surface area (Å²) in [6.07, 6.45) is 7.41. The number of carbonyl (C=O) groups is 2. The van der Waals surface area contributed by atoms with Crippen molar-refractivity contribution in [2.75, 3.05) is 13.6 Å². The number of nitrogens with one attached hydrogen (secondary N) is 1. The van der Waals surface area contributed by atoms with Gasteiger partial charge in [-0.2, -0.15) is 0 Å². The highest BCUT2D eigenvalue weighted by molar-refractivity contribution is 5.78. The summed E-state index contributed by atoms with van der Waals surface area (Å²) in [7, 11) is 1.91. The topological polar surface area (TPSA) is 62.3 Å². The highest BCUT2D eigenvalue weighted by Gasteiger charge is 2.40. The SMILES string of the molecule is CN(C(=O)CCc1ccncc1)[C@H]1C[C@H]2CNC(=O)C[C@H]2C1. The van der Waals surface area contributed by atoms with Gasteiger partial charge >= 0.3 is 0 Å². The number of aromatic nitrogens is 1. The van der Waals surface area contributed by atoms with Crippen molar-refractivity contribution in [3.8, 4) is 0 Å². The minimum Gasteiger partial charge on any atom is -0.356 e. The fraction of sp³-hybridized carbons (Fsp3) is 0.588. The number of amides is 2. The number of rotatable bonds is 4. The lowest BCUT2D eigenvalue weighted by atomic mass is 9.89. The Kier molecular flexibility index (Phi) is 4.41. The van der Waals surface area contributed by atoms with Gasteiger partial charge in [-0.15, -0.1) is 0 Å². The zero-order chi connectivity index (χ0) is 15.5. The molecule has 0 unspecified atom stereocenters. The van der Waals surface area contributed by atoms with Crippen molar-refractivity contribution in [2.45, 2.75) is 38.1 Å². The molecule has 2 fully saturated rings. The van der Waals surface area contributed by atoms with Crippen LogP contribution in [0.4, 0.5) is 0 Å². The van der Waals surface area contributed by atoms with E-state index in [0.29, 0.717) is 24.7 Å². The second-order valence-electron chi connectivity index (χ2n) is 6.51. The van der Waals surface area contributed by atoms with Gasteiger partial charge in [0.05, 0.1) is 0 Å². The molecule has 1 saturated carbocycles. The molecule has 2 heterocycles. The summed E-state index contributed by atoms with van der Waals surface area (Å²) in [5.74, 6) is 1.35. The number of aryl methyl sites for hydroxylation is 1. The second kappa shape index (κ2) is 6.46. The van der Waals surface area contributed by atoms with Crippen LogP contribution in [0.3, 0.4) is 0 Å². The quantitative estimate of drug-likeness (QED) is 0.914. The number of hydrogen-bond donors (Lipinski definition) is 1. The predicted octanol–water partition coefficient (Wildman–Crippen LogP) is 1.39. The average Bonchev–Trinajstić information content (AvgIpc) is 2.95. The smallest absolute Gasteiger partial charge is 0.222 e. The third-order valence-electron chi connectivity index (χ3n) is 5.14. The van der Waals surface area contributed by atoms with Gasteiger partial charge in [0.1, 0.15) is 0 Å². The lowest BCUT2D eigenvalue weighted by Gasteiger charge is -2.25. The van der Waals surface area contributed by atoms with E-state index in [9.17, 15) is 9.59 Å². The third-order valence-corrected chi connectivity index (χ3v) is 5.14. The molecule has 3 rings (SSSR count). The molecule has 22 heavy (non-hydrogen) atoms. The van der Waals surface area contributed by atoms with Crippen LogP contribution >= 0.6 is 0 Å². The van der Waals surface area contributed by atoms with E-state index in [1.807, 2.05) is 24.1 Å². The van der Waals surface area contributed by atoms with Crippen LogP contribution in [-0.4, -0.2) is 41.3 Å². The van der Waals surface area contributed by atoms with E-state index in [-0.39, 0.29) is 17.9 Å². The molecule has 3 atom stereocenters. The lowest BCUT2D eigenvalue weighted by Crippen LogP contribution is -2.38. The Labute approximate surface area is 131 Å². The standard InChI is InChI=1S/C17H23N3O2/c1-20(17(22)3-2-12-4-6-18-7-5-12)15-8-13-10-16(21)19-11-14(13)9-15/h4-7,13-15H,2-3,8-11H2,1H3,(H,19,21)/t13-,14+,15-/m1/s1. The molecule has 2 aliphatic rings. The molecule has 0 radical (unpaired) electrons. The van der Waals surface area contributed by atoms with E-state index in [1.54, 1.807) is 12.4 Å². The van der Waals surface area contributed by atoms with Gasteiger partial charge in [-0.1, -0.05) is 0 Å². The molecule has 5 nitrogen and oxygen atoms in total. The summed E-state index contributed by atoms with van der Waals surface area (Å²) in [6.45, 7) is 0.777. The molecule has 5 heteroatoms. The van der Waals surface area contributed by atoms with Crippen molar-refractivity contribution in [3.63, 3.8) is 0 Å². The van der Waals surface area contributed by atoms with Gasteiger partial charge in [0.15, 0.2) is 0 Å². The largest absolute Gasteiger partial charge is 0.356 e. The van der Waals surface area contributed by atoms with Crippen molar-refractivity contribution >= 4 is 11.8 Å². The molecule has 0 aromatic carbocycles. The number of pyridine rings is 1. The monoisotopic (exact) mass is 301 g/mol. The van der Waals surface area contributed by atoms with Gasteiger partial charge in [0, 0.05) is 44.9 Å². The number of carbonyl (C=O) groups excluding carboxylic acids is 2. The first-order valence-electron chi connectivity index (χ1n) is 8.04. The van der Waals surface area contributed by atoms with E-state index < -0.39 is 0 Å². The molecule has 1 aliphatic carbocycles. The first-order chi connectivity index (χ1) is 10.6. The van der Waals surface area contributed by atoms with Gasteiger partial charge in [-0.3, -0.25) is 14.6 Å². The van der Waals surface area contributed by atoms with Gasteiger partial charge in [-0.05, 0) is 48.8 Å². The maximum absolute atomic E-state index is 12.4. The summed E-state index contributed by atoms with van der Waals surface area (Å²) in [6, 6.07) is 4.19. The molecule has 0 bridgehead atoms. The van der Waals surface area contributed by atoms with E-state index in [1.165, 1.54) is 0 Å². The first-order valence-corrected chi connectivity index (χ1v) is 8.04. The zero-order valence-corrected chi connectivity index (χ0v) is 13.0. The predicted molar refractivity (Wildman–Crippen MR) is 83.0 cm³/mol. The molecule has 118 valence electrons. The maximum Gasteiger partial charge on any atom is 0.222 e. The van der Waals surface area contributed by atoms with Crippen molar-refractivity contribution in [2.24, 2.45) is 11.8 Å². The van der Waals surface area contributed by atoms with E-state index in [2.05, 4.69) is 10.3 Å². The van der Waals surface area contributed by atoms with Crippen LogP contribution in [0.15, 0.2) is 24.5 Å². The molecule has 1 aromatic rings. The number of fused-ring (bicyclic) bond motifs is 1. The fourth-order valence-electron chi connectivity index (χ4n) is 3.73. The van der Waals surface area contributed by atoms with Crippen LogP contribution < -0.4 is 5.32 Å². The van der Waals surface area contributed by atoms with E-state index in [4.69, 9.17) is 0 Å². The minimum atomic E-state index is 0.161. The molecular weight excluding hydrogens is 278 g/mol. The van der Waals surface area contributed by atoms with Crippen molar-refractivity contribution < 1.29 is 9.59 Å². The van der Waals surface area contributed by atoms with Gasteiger partial charge in [-0.25, -0.2) is 0 Å². The Morgan fingerprint density at radius 2 is 2.05 bits per heavy atom. The molecule has 0 spiro atoms. The third kappa shape index (κ3) is 3.29. The molecular formula is C17H23N3O2. The number of piperidine rings is 1. The van der Waals surface area contributed by atoms with Crippen LogP contribution in [0.2, 0.25) is 0 Å². The van der Waals surface area contributed by atoms with Crippen LogP contribution in [0, 0.1) is 11.8 Å². The first kappa shape index (κ1) is 15.0. The highest BCUT2D eigenvalue weighted by atomic mass is 16.2. The van der Waals surface area contributed by atoms with Crippen molar-refractivity contribution in [1.29, 1.82) is 0 Å². The molecule has 1 aromatic heterocycles. The lowest BCUT2D eigenvalue weighted by molar-refractivity contribution is -0.131. The van der Waals surface area contributed by atoms with E-state index in [0.717, 1.165) is 31.4 Å². The summed E-state index contributed by atoms with van der Waals surface area (Å²) < 4.78 is 0. The summed E-state index contributed by atoms with van der Waals surface area (Å²) >= 11 is 0. The van der Waals surface area contributed by atoms with Crippen LogP contribution in [-0.2, 0) is 16.0 Å². The Bertz CT molecular complexity index is 546. The Hall–Kier alpha value is -1.91. The highest BCUT2D eigenvalue weighted by Crippen LogP contribution is 2.38. The Morgan fingerprint density at radius 1 is 1.32 bits per heavy atom. The Morgan fingerprint density at radius 3 is 2.82 bits per heavy atom. The second-order valence-corrected chi connectivity index (χ2v) is 6.51. The fourth-order valence-corrected chi connectivity index (χ4v) is 3.73. The van der Waals surface area contributed by atoms with Gasteiger partial charge in [0.2, 0.25) is 11.8 Å². The normalized spacial score (nSPS) is 27.1. The number of hydrogen-bond acceptors (Lipinski definition) is 3.